The maximum Gasteiger partial charge on any atom is 0.320 e. The number of hydrogen-bond acceptors (Lipinski definition) is 3. The Hall–Kier alpha value is -0.900. The minimum absolute atomic E-state index is 0.0298. The van der Waals surface area contributed by atoms with Gasteiger partial charge in [0.05, 0.1) is 0 Å². The second-order valence-corrected chi connectivity index (χ2v) is 5.27. The number of Topliss-reactive ketones (excluding diaryl/α,β-unsaturated/α-hetero) is 1. The van der Waals surface area contributed by atoms with Gasteiger partial charge in [-0.1, -0.05) is 58.3 Å². The van der Waals surface area contributed by atoms with Gasteiger partial charge < -0.3 is 10.8 Å². The molecule has 3 N–H and O–H groups in total. The van der Waals surface area contributed by atoms with Gasteiger partial charge in [-0.2, -0.15) is 0 Å². The van der Waals surface area contributed by atoms with Gasteiger partial charge in [-0.3, -0.25) is 9.59 Å². The highest BCUT2D eigenvalue weighted by Crippen LogP contribution is 2.11. The van der Waals surface area contributed by atoms with Gasteiger partial charge in [-0.15, -0.1) is 0 Å². The molecular formula is C15H29NO3. The third-order valence-corrected chi connectivity index (χ3v) is 3.32. The molecule has 0 saturated carbocycles. The molecule has 0 fully saturated rings. The molecule has 0 rings (SSSR count). The lowest BCUT2D eigenvalue weighted by atomic mass is 10.0. The van der Waals surface area contributed by atoms with Crippen LogP contribution in [0.2, 0.25) is 0 Å². The van der Waals surface area contributed by atoms with E-state index in [4.69, 9.17) is 10.8 Å². The van der Waals surface area contributed by atoms with Crippen molar-refractivity contribution in [1.82, 2.24) is 0 Å². The van der Waals surface area contributed by atoms with Crippen molar-refractivity contribution in [1.29, 1.82) is 0 Å². The molecule has 0 heterocycles. The van der Waals surface area contributed by atoms with E-state index in [2.05, 4.69) is 6.92 Å². The van der Waals surface area contributed by atoms with Crippen LogP contribution in [0.5, 0.6) is 0 Å². The molecular weight excluding hydrogens is 242 g/mol. The van der Waals surface area contributed by atoms with E-state index in [0.29, 0.717) is 6.42 Å². The summed E-state index contributed by atoms with van der Waals surface area (Å²) >= 11 is 0. The van der Waals surface area contributed by atoms with Crippen LogP contribution in [-0.4, -0.2) is 22.9 Å². The maximum atomic E-state index is 11.4. The van der Waals surface area contributed by atoms with Gasteiger partial charge in [0.15, 0.2) is 0 Å². The maximum absolute atomic E-state index is 11.4. The highest BCUT2D eigenvalue weighted by molar-refractivity contribution is 5.85. The standard InChI is InChI=1S/C15H29NO3/c1-2-3-4-5-6-7-8-9-10-11-13(17)12-14(16)15(18)19/h14H,2-12,16H2,1H3,(H,18,19)/t14-/m0/s1. The molecule has 19 heavy (non-hydrogen) atoms. The van der Waals surface area contributed by atoms with Crippen molar-refractivity contribution in [3.05, 3.63) is 0 Å². The van der Waals surface area contributed by atoms with Gasteiger partial charge in [-0.05, 0) is 6.42 Å². The van der Waals surface area contributed by atoms with Crippen molar-refractivity contribution < 1.29 is 14.7 Å². The highest BCUT2D eigenvalue weighted by atomic mass is 16.4. The summed E-state index contributed by atoms with van der Waals surface area (Å²) in [5, 5.41) is 8.58. The smallest absolute Gasteiger partial charge is 0.320 e. The molecule has 0 spiro atoms. The van der Waals surface area contributed by atoms with E-state index in [0.717, 1.165) is 12.8 Å². The quantitative estimate of drug-likeness (QED) is 0.504. The fourth-order valence-electron chi connectivity index (χ4n) is 2.07. The minimum Gasteiger partial charge on any atom is -0.480 e. The fraction of sp³-hybridized carbons (Fsp3) is 0.867. The Kier molecular flexibility index (Phi) is 11.6. The summed E-state index contributed by atoms with van der Waals surface area (Å²) in [7, 11) is 0. The zero-order valence-electron chi connectivity index (χ0n) is 12.2. The fourth-order valence-corrected chi connectivity index (χ4v) is 2.07. The number of carboxylic acids is 1. The third-order valence-electron chi connectivity index (χ3n) is 3.32. The lowest BCUT2D eigenvalue weighted by Crippen LogP contribution is -2.32. The van der Waals surface area contributed by atoms with E-state index < -0.39 is 12.0 Å². The van der Waals surface area contributed by atoms with E-state index in [9.17, 15) is 9.59 Å². The monoisotopic (exact) mass is 271 g/mol. The SMILES string of the molecule is CCCCCCCCCCCC(=O)C[C@H](N)C(=O)O. The first-order chi connectivity index (χ1) is 9.07. The van der Waals surface area contributed by atoms with Gasteiger partial charge in [0.2, 0.25) is 0 Å². The van der Waals surface area contributed by atoms with Crippen LogP contribution < -0.4 is 5.73 Å². The number of carbonyl (C=O) groups is 2. The first-order valence-corrected chi connectivity index (χ1v) is 7.58. The Morgan fingerprint density at radius 2 is 1.42 bits per heavy atom. The number of ketones is 1. The molecule has 0 amide bonds. The van der Waals surface area contributed by atoms with Crippen molar-refractivity contribution >= 4 is 11.8 Å². The van der Waals surface area contributed by atoms with Crippen molar-refractivity contribution in [3.8, 4) is 0 Å². The van der Waals surface area contributed by atoms with Crippen LogP contribution in [-0.2, 0) is 9.59 Å². The van der Waals surface area contributed by atoms with E-state index in [1.54, 1.807) is 0 Å². The normalized spacial score (nSPS) is 12.3. The molecule has 0 aliphatic carbocycles. The summed E-state index contributed by atoms with van der Waals surface area (Å²) in [6, 6.07) is -1.04. The van der Waals surface area contributed by atoms with E-state index >= 15 is 0 Å². The number of carboxylic acid groups (broad SMARTS) is 1. The number of rotatable bonds is 13. The van der Waals surface area contributed by atoms with Gasteiger partial charge in [0.1, 0.15) is 11.8 Å². The second kappa shape index (κ2) is 12.2. The van der Waals surface area contributed by atoms with Crippen LogP contribution in [0.1, 0.15) is 77.6 Å². The Labute approximate surface area is 116 Å². The van der Waals surface area contributed by atoms with E-state index in [-0.39, 0.29) is 12.2 Å². The molecule has 112 valence electrons. The number of nitrogens with two attached hydrogens (primary N) is 1. The number of carbonyl (C=O) groups excluding carboxylic acids is 1. The van der Waals surface area contributed by atoms with Crippen LogP contribution in [0.4, 0.5) is 0 Å². The number of unbranched alkanes of at least 4 members (excludes halogenated alkanes) is 8. The van der Waals surface area contributed by atoms with Gasteiger partial charge >= 0.3 is 5.97 Å². The van der Waals surface area contributed by atoms with Gasteiger partial charge in [0, 0.05) is 12.8 Å². The predicted octanol–water partition coefficient (Wildman–Crippen LogP) is 3.28. The first-order valence-electron chi connectivity index (χ1n) is 7.58. The molecule has 4 nitrogen and oxygen atoms in total. The summed E-state index contributed by atoms with van der Waals surface area (Å²) in [6.45, 7) is 2.22. The molecule has 1 atom stereocenters. The van der Waals surface area contributed by atoms with Crippen molar-refractivity contribution in [3.63, 3.8) is 0 Å². The molecule has 0 bridgehead atoms. The molecule has 0 radical (unpaired) electrons. The van der Waals surface area contributed by atoms with Gasteiger partial charge in [0.25, 0.3) is 0 Å². The molecule has 0 aromatic heterocycles. The van der Waals surface area contributed by atoms with E-state index in [1.807, 2.05) is 0 Å². The lowest BCUT2D eigenvalue weighted by Gasteiger charge is -2.05. The first kappa shape index (κ1) is 18.1. The Morgan fingerprint density at radius 1 is 0.947 bits per heavy atom. The van der Waals surface area contributed by atoms with Crippen molar-refractivity contribution in [2.45, 2.75) is 83.6 Å². The summed E-state index contributed by atoms with van der Waals surface area (Å²) in [5.74, 6) is -1.13. The molecule has 0 saturated heterocycles. The summed E-state index contributed by atoms with van der Waals surface area (Å²) in [4.78, 5) is 21.9. The average Bonchev–Trinajstić information content (AvgIpc) is 2.36. The molecule has 0 aromatic carbocycles. The summed E-state index contributed by atoms with van der Waals surface area (Å²) < 4.78 is 0. The Balaban J connectivity index is 3.30. The molecule has 0 aliphatic rings. The van der Waals surface area contributed by atoms with Crippen molar-refractivity contribution in [2.75, 3.05) is 0 Å². The lowest BCUT2D eigenvalue weighted by molar-refractivity contribution is -0.140. The number of hydrogen-bond donors (Lipinski definition) is 2. The Morgan fingerprint density at radius 3 is 1.89 bits per heavy atom. The average molecular weight is 271 g/mol. The highest BCUT2D eigenvalue weighted by Gasteiger charge is 2.15. The second-order valence-electron chi connectivity index (χ2n) is 5.27. The summed E-state index contributed by atoms with van der Waals surface area (Å²) in [6.07, 6.45) is 11.3. The summed E-state index contributed by atoms with van der Waals surface area (Å²) in [5.41, 5.74) is 5.31. The van der Waals surface area contributed by atoms with Crippen LogP contribution in [0.3, 0.4) is 0 Å². The van der Waals surface area contributed by atoms with E-state index in [1.165, 1.54) is 44.9 Å². The zero-order chi connectivity index (χ0) is 14.5. The molecule has 0 unspecified atom stereocenters. The van der Waals surface area contributed by atoms with Gasteiger partial charge in [-0.25, -0.2) is 0 Å². The van der Waals surface area contributed by atoms with Crippen LogP contribution in [0.15, 0.2) is 0 Å². The molecule has 0 aromatic rings. The Bertz CT molecular complexity index is 254. The van der Waals surface area contributed by atoms with Crippen LogP contribution in [0, 0.1) is 0 Å². The molecule has 4 heteroatoms. The minimum atomic E-state index is -1.10. The largest absolute Gasteiger partial charge is 0.480 e. The predicted molar refractivity (Wildman–Crippen MR) is 77.1 cm³/mol. The zero-order valence-corrected chi connectivity index (χ0v) is 12.2. The molecule has 0 aliphatic heterocycles. The number of aliphatic carboxylic acids is 1. The van der Waals surface area contributed by atoms with Crippen LogP contribution in [0.25, 0.3) is 0 Å². The third kappa shape index (κ3) is 11.9. The van der Waals surface area contributed by atoms with Crippen LogP contribution >= 0.6 is 0 Å². The topological polar surface area (TPSA) is 80.4 Å². The van der Waals surface area contributed by atoms with Crippen molar-refractivity contribution in [2.24, 2.45) is 5.73 Å².